The van der Waals surface area contributed by atoms with Gasteiger partial charge in [-0.05, 0) is 28.5 Å². The number of carboxylic acids is 1. The molecule has 16 heavy (non-hydrogen) atoms. The molecule has 0 spiro atoms. The molecular formula is C10H13BrN2O3. The maximum Gasteiger partial charge on any atom is 0.304 e. The second-order valence-electron chi connectivity index (χ2n) is 3.28. The number of ether oxygens (including phenoxy) is 1. The van der Waals surface area contributed by atoms with E-state index in [1.807, 2.05) is 0 Å². The number of hydrogen-bond donors (Lipinski definition) is 2. The third-order valence-electron chi connectivity index (χ3n) is 2.18. The summed E-state index contributed by atoms with van der Waals surface area (Å²) in [6.45, 7) is 0.237. The van der Waals surface area contributed by atoms with Crippen LogP contribution >= 0.6 is 15.9 Å². The highest BCUT2D eigenvalue weighted by atomic mass is 79.9. The second-order valence-corrected chi connectivity index (χ2v) is 4.20. The molecule has 1 unspecified atom stereocenters. The van der Waals surface area contributed by atoms with Gasteiger partial charge in [0.25, 0.3) is 0 Å². The number of carboxylic acid groups (broad SMARTS) is 1. The molecule has 0 bridgehead atoms. The van der Waals surface area contributed by atoms with Crippen molar-refractivity contribution in [3.05, 3.63) is 22.3 Å². The molecule has 0 saturated carbocycles. The van der Waals surface area contributed by atoms with Crippen LogP contribution in [-0.2, 0) is 4.79 Å². The fraction of sp³-hybridized carbons (Fsp3) is 0.400. The minimum atomic E-state index is -0.891. The Morgan fingerprint density at radius 3 is 2.94 bits per heavy atom. The van der Waals surface area contributed by atoms with Crippen LogP contribution in [0.15, 0.2) is 16.7 Å². The Morgan fingerprint density at radius 2 is 2.44 bits per heavy atom. The molecule has 0 radical (unpaired) electrons. The summed E-state index contributed by atoms with van der Waals surface area (Å²) in [5.41, 5.74) is 6.27. The summed E-state index contributed by atoms with van der Waals surface area (Å²) in [7, 11) is 1.49. The number of carbonyl (C=O) groups is 1. The third kappa shape index (κ3) is 3.18. The highest BCUT2D eigenvalue weighted by molar-refractivity contribution is 9.10. The molecule has 1 aromatic rings. The number of rotatable bonds is 5. The van der Waals surface area contributed by atoms with Crippen LogP contribution in [0.5, 0.6) is 5.88 Å². The van der Waals surface area contributed by atoms with Gasteiger partial charge in [0, 0.05) is 22.2 Å². The van der Waals surface area contributed by atoms with Crippen LogP contribution in [0.25, 0.3) is 0 Å². The minimum Gasteiger partial charge on any atom is -0.481 e. The summed E-state index contributed by atoms with van der Waals surface area (Å²) in [6, 6.07) is 1.78. The molecule has 0 aliphatic carbocycles. The van der Waals surface area contributed by atoms with Crippen molar-refractivity contribution in [3.63, 3.8) is 0 Å². The number of aliphatic carboxylic acids is 1. The van der Waals surface area contributed by atoms with Crippen LogP contribution < -0.4 is 10.5 Å². The molecule has 88 valence electrons. The van der Waals surface area contributed by atoms with E-state index in [4.69, 9.17) is 15.6 Å². The minimum absolute atomic E-state index is 0.0367. The summed E-state index contributed by atoms with van der Waals surface area (Å²) in [5.74, 6) is -0.769. The molecule has 0 aromatic carbocycles. The number of methoxy groups -OCH3 is 1. The first-order valence-corrected chi connectivity index (χ1v) is 5.49. The molecule has 3 N–H and O–H groups in total. The predicted molar refractivity (Wildman–Crippen MR) is 62.5 cm³/mol. The smallest absolute Gasteiger partial charge is 0.304 e. The van der Waals surface area contributed by atoms with Crippen molar-refractivity contribution in [2.45, 2.75) is 12.3 Å². The highest BCUT2D eigenvalue weighted by Crippen LogP contribution is 2.28. The van der Waals surface area contributed by atoms with Crippen LogP contribution in [-0.4, -0.2) is 29.7 Å². The van der Waals surface area contributed by atoms with E-state index in [1.54, 1.807) is 12.3 Å². The monoisotopic (exact) mass is 288 g/mol. The van der Waals surface area contributed by atoms with Crippen molar-refractivity contribution >= 4 is 21.9 Å². The molecule has 0 amide bonds. The van der Waals surface area contributed by atoms with Crippen LogP contribution in [0.3, 0.4) is 0 Å². The molecule has 0 aliphatic rings. The van der Waals surface area contributed by atoms with Gasteiger partial charge in [0.05, 0.1) is 13.5 Å². The summed E-state index contributed by atoms with van der Waals surface area (Å²) >= 11 is 3.28. The van der Waals surface area contributed by atoms with Gasteiger partial charge in [-0.25, -0.2) is 4.98 Å². The van der Waals surface area contributed by atoms with Gasteiger partial charge >= 0.3 is 5.97 Å². The molecule has 6 heteroatoms. The normalized spacial score (nSPS) is 12.2. The zero-order valence-corrected chi connectivity index (χ0v) is 10.4. The van der Waals surface area contributed by atoms with E-state index in [9.17, 15) is 4.79 Å². The molecule has 1 aromatic heterocycles. The van der Waals surface area contributed by atoms with Gasteiger partial charge in [-0.3, -0.25) is 4.79 Å². The predicted octanol–water partition coefficient (Wildman–Crippen LogP) is 1.37. The Hall–Kier alpha value is -1.14. The van der Waals surface area contributed by atoms with E-state index in [2.05, 4.69) is 20.9 Å². The molecule has 0 aliphatic heterocycles. The van der Waals surface area contributed by atoms with Crippen LogP contribution in [0, 0.1) is 0 Å². The lowest BCUT2D eigenvalue weighted by molar-refractivity contribution is -0.137. The molecule has 0 saturated heterocycles. The second kappa shape index (κ2) is 5.81. The number of hydrogen-bond acceptors (Lipinski definition) is 4. The molecule has 5 nitrogen and oxygen atoms in total. The Morgan fingerprint density at radius 1 is 1.75 bits per heavy atom. The first kappa shape index (κ1) is 12.9. The number of halogens is 1. The first-order valence-electron chi connectivity index (χ1n) is 4.69. The summed E-state index contributed by atoms with van der Waals surface area (Å²) in [5, 5.41) is 8.78. The van der Waals surface area contributed by atoms with E-state index in [0.717, 1.165) is 4.47 Å². The van der Waals surface area contributed by atoms with E-state index in [1.165, 1.54) is 7.11 Å². The summed E-state index contributed by atoms with van der Waals surface area (Å²) in [6.07, 6.45) is 1.56. The standard InChI is InChI=1S/C10H13BrN2O3/c1-16-10-8(3-7(11)5-13-10)6(4-12)2-9(14)15/h3,5-6H,2,4,12H2,1H3,(H,14,15). The lowest BCUT2D eigenvalue weighted by atomic mass is 9.97. The van der Waals surface area contributed by atoms with Gasteiger partial charge in [0.1, 0.15) is 0 Å². The fourth-order valence-corrected chi connectivity index (χ4v) is 1.79. The quantitative estimate of drug-likeness (QED) is 0.855. The van der Waals surface area contributed by atoms with Gasteiger partial charge in [-0.2, -0.15) is 0 Å². The molecular weight excluding hydrogens is 276 g/mol. The number of aromatic nitrogens is 1. The lowest BCUT2D eigenvalue weighted by Crippen LogP contribution is -2.17. The van der Waals surface area contributed by atoms with E-state index in [-0.39, 0.29) is 18.9 Å². The Labute approximate surface area is 102 Å². The average molecular weight is 289 g/mol. The number of nitrogens with zero attached hydrogens (tertiary/aromatic N) is 1. The Balaban J connectivity index is 3.06. The average Bonchev–Trinajstić information content (AvgIpc) is 2.25. The number of pyridine rings is 1. The molecule has 1 heterocycles. The topological polar surface area (TPSA) is 85.4 Å². The van der Waals surface area contributed by atoms with Crippen molar-refractivity contribution in [2.24, 2.45) is 5.73 Å². The van der Waals surface area contributed by atoms with Crippen molar-refractivity contribution in [3.8, 4) is 5.88 Å². The van der Waals surface area contributed by atoms with Gasteiger partial charge < -0.3 is 15.6 Å². The van der Waals surface area contributed by atoms with Crippen molar-refractivity contribution in [1.29, 1.82) is 0 Å². The fourth-order valence-electron chi connectivity index (χ4n) is 1.44. The highest BCUT2D eigenvalue weighted by Gasteiger charge is 2.19. The van der Waals surface area contributed by atoms with Crippen molar-refractivity contribution in [1.82, 2.24) is 4.98 Å². The molecule has 1 atom stereocenters. The first-order chi connectivity index (χ1) is 7.58. The SMILES string of the molecule is COc1ncc(Br)cc1C(CN)CC(=O)O. The number of nitrogens with two attached hydrogens (primary N) is 1. The zero-order valence-electron chi connectivity index (χ0n) is 8.81. The molecule has 0 fully saturated rings. The van der Waals surface area contributed by atoms with Crippen molar-refractivity contribution in [2.75, 3.05) is 13.7 Å². The van der Waals surface area contributed by atoms with Crippen molar-refractivity contribution < 1.29 is 14.6 Å². The van der Waals surface area contributed by atoms with Crippen LogP contribution in [0.1, 0.15) is 17.9 Å². The third-order valence-corrected chi connectivity index (χ3v) is 2.62. The summed E-state index contributed by atoms with van der Waals surface area (Å²) in [4.78, 5) is 14.8. The van der Waals surface area contributed by atoms with Gasteiger partial charge in [-0.15, -0.1) is 0 Å². The summed E-state index contributed by atoms with van der Waals surface area (Å²) < 4.78 is 5.85. The molecule has 1 rings (SSSR count). The van der Waals surface area contributed by atoms with Gasteiger partial charge in [0.2, 0.25) is 5.88 Å². The van der Waals surface area contributed by atoms with Gasteiger partial charge in [0.15, 0.2) is 0 Å². The van der Waals surface area contributed by atoms with Crippen LogP contribution in [0.2, 0.25) is 0 Å². The van der Waals surface area contributed by atoms with Gasteiger partial charge in [-0.1, -0.05) is 0 Å². The zero-order chi connectivity index (χ0) is 12.1. The van der Waals surface area contributed by atoms with E-state index in [0.29, 0.717) is 11.4 Å². The van der Waals surface area contributed by atoms with E-state index < -0.39 is 5.97 Å². The maximum atomic E-state index is 10.7. The maximum absolute atomic E-state index is 10.7. The van der Waals surface area contributed by atoms with E-state index >= 15 is 0 Å². The Bertz CT molecular complexity index is 384. The largest absolute Gasteiger partial charge is 0.481 e. The van der Waals surface area contributed by atoms with Crippen LogP contribution in [0.4, 0.5) is 0 Å². The Kier molecular flexibility index (Phi) is 4.70. The lowest BCUT2D eigenvalue weighted by Gasteiger charge is -2.15.